The first-order chi connectivity index (χ1) is 10.8. The van der Waals surface area contributed by atoms with Crippen molar-refractivity contribution in [1.82, 2.24) is 4.90 Å². The van der Waals surface area contributed by atoms with Crippen molar-refractivity contribution in [2.45, 2.75) is 31.5 Å². The quantitative estimate of drug-likeness (QED) is 0.836. The van der Waals surface area contributed by atoms with Gasteiger partial charge in [-0.05, 0) is 24.3 Å². The highest BCUT2D eigenvalue weighted by atomic mass is 19.3. The number of halogens is 4. The summed E-state index contributed by atoms with van der Waals surface area (Å²) in [4.78, 5) is 12.1. The van der Waals surface area contributed by atoms with E-state index in [0.29, 0.717) is 31.7 Å². The molecular weight excluding hydrogens is 322 g/mol. The predicted molar refractivity (Wildman–Crippen MR) is 71.3 cm³/mol. The third-order valence-corrected chi connectivity index (χ3v) is 3.35. The van der Waals surface area contributed by atoms with Crippen molar-refractivity contribution >= 4 is 6.09 Å². The Morgan fingerprint density at radius 1 is 1.17 bits per heavy atom. The summed E-state index contributed by atoms with van der Waals surface area (Å²) in [6, 6.07) is 4.89. The second-order valence-electron chi connectivity index (χ2n) is 5.02. The minimum Gasteiger partial charge on any atom is -0.490 e. The van der Waals surface area contributed by atoms with Gasteiger partial charge >= 0.3 is 18.6 Å². The summed E-state index contributed by atoms with van der Waals surface area (Å²) in [7, 11) is 0. The molecule has 0 unspecified atom stereocenters. The van der Waals surface area contributed by atoms with Gasteiger partial charge in [-0.2, -0.15) is 17.6 Å². The van der Waals surface area contributed by atoms with Gasteiger partial charge < -0.3 is 19.5 Å². The Bertz CT molecular complexity index is 530. The van der Waals surface area contributed by atoms with Gasteiger partial charge in [0.25, 0.3) is 0 Å². The van der Waals surface area contributed by atoms with Crippen LogP contribution in [0.4, 0.5) is 22.4 Å². The number of carboxylic acid groups (broad SMARTS) is 1. The molecule has 0 saturated carbocycles. The van der Waals surface area contributed by atoms with Crippen LogP contribution in [0.1, 0.15) is 12.8 Å². The van der Waals surface area contributed by atoms with Gasteiger partial charge in [0, 0.05) is 25.9 Å². The number of alkyl halides is 4. The number of hydrogen-bond donors (Lipinski definition) is 1. The number of nitrogens with zero attached hydrogens (tertiary/aromatic N) is 1. The van der Waals surface area contributed by atoms with Crippen molar-refractivity contribution in [2.75, 3.05) is 13.1 Å². The Morgan fingerprint density at radius 3 is 2.17 bits per heavy atom. The Hall–Kier alpha value is -2.19. The first-order valence-electron chi connectivity index (χ1n) is 6.87. The SMILES string of the molecule is O=C(O)N1CCC(Oc2ccc(OC(F)(F)C(F)F)cc2)CC1. The smallest absolute Gasteiger partial charge is 0.461 e. The van der Waals surface area contributed by atoms with Gasteiger partial charge in [0.2, 0.25) is 0 Å². The average molecular weight is 337 g/mol. The lowest BCUT2D eigenvalue weighted by molar-refractivity contribution is -0.253. The van der Waals surface area contributed by atoms with Gasteiger partial charge in [0.05, 0.1) is 0 Å². The molecule has 0 spiro atoms. The molecule has 1 aromatic rings. The molecule has 5 nitrogen and oxygen atoms in total. The fourth-order valence-electron chi connectivity index (χ4n) is 2.15. The maximum absolute atomic E-state index is 12.8. The number of carbonyl (C=O) groups is 1. The van der Waals surface area contributed by atoms with E-state index >= 15 is 0 Å². The minimum atomic E-state index is -4.55. The predicted octanol–water partition coefficient (Wildman–Crippen LogP) is 3.44. The van der Waals surface area contributed by atoms with E-state index in [0.717, 1.165) is 12.1 Å². The fraction of sp³-hybridized carbons (Fsp3) is 0.500. The molecule has 1 N–H and O–H groups in total. The summed E-state index contributed by atoms with van der Waals surface area (Å²) < 4.78 is 59.1. The van der Waals surface area contributed by atoms with Gasteiger partial charge in [-0.3, -0.25) is 0 Å². The Labute approximate surface area is 129 Å². The molecule has 9 heteroatoms. The molecule has 0 radical (unpaired) electrons. The van der Waals surface area contributed by atoms with Crippen molar-refractivity contribution in [3.63, 3.8) is 0 Å². The van der Waals surface area contributed by atoms with Gasteiger partial charge in [-0.25, -0.2) is 4.79 Å². The zero-order valence-electron chi connectivity index (χ0n) is 11.9. The summed E-state index contributed by atoms with van der Waals surface area (Å²) in [6.07, 6.45) is -8.63. The molecular formula is C14H15F4NO4. The summed E-state index contributed by atoms with van der Waals surface area (Å²) in [5.41, 5.74) is 0. The van der Waals surface area contributed by atoms with E-state index in [9.17, 15) is 22.4 Å². The molecule has 1 amide bonds. The number of ether oxygens (including phenoxy) is 2. The van der Waals surface area contributed by atoms with Gasteiger partial charge in [-0.1, -0.05) is 0 Å². The Kier molecular flexibility index (Phi) is 5.17. The van der Waals surface area contributed by atoms with Gasteiger partial charge in [0.15, 0.2) is 0 Å². The molecule has 1 aliphatic rings. The van der Waals surface area contributed by atoms with Crippen molar-refractivity contribution in [3.05, 3.63) is 24.3 Å². The van der Waals surface area contributed by atoms with E-state index in [1.165, 1.54) is 17.0 Å². The van der Waals surface area contributed by atoms with E-state index in [1.54, 1.807) is 0 Å². The molecule has 128 valence electrons. The van der Waals surface area contributed by atoms with Crippen LogP contribution in [0.2, 0.25) is 0 Å². The zero-order valence-corrected chi connectivity index (χ0v) is 11.9. The summed E-state index contributed by atoms with van der Waals surface area (Å²) in [5.74, 6) is -0.0326. The number of likely N-dealkylation sites (tertiary alicyclic amines) is 1. The molecule has 1 fully saturated rings. The van der Waals surface area contributed by atoms with Gasteiger partial charge in [-0.15, -0.1) is 0 Å². The second kappa shape index (κ2) is 6.93. The highest BCUT2D eigenvalue weighted by Gasteiger charge is 2.43. The van der Waals surface area contributed by atoms with Crippen LogP contribution in [0.3, 0.4) is 0 Å². The lowest BCUT2D eigenvalue weighted by atomic mass is 10.1. The van der Waals surface area contributed by atoms with Crippen LogP contribution >= 0.6 is 0 Å². The van der Waals surface area contributed by atoms with Crippen molar-refractivity contribution in [3.8, 4) is 11.5 Å². The molecule has 1 aliphatic heterocycles. The lowest BCUT2D eigenvalue weighted by Gasteiger charge is -2.30. The van der Waals surface area contributed by atoms with Crippen LogP contribution in [-0.4, -0.2) is 47.8 Å². The number of amides is 1. The van der Waals surface area contributed by atoms with Crippen LogP contribution in [-0.2, 0) is 0 Å². The van der Waals surface area contributed by atoms with Crippen LogP contribution in [0.15, 0.2) is 24.3 Å². The fourth-order valence-corrected chi connectivity index (χ4v) is 2.15. The topological polar surface area (TPSA) is 59.0 Å². The average Bonchev–Trinajstić information content (AvgIpc) is 2.49. The third kappa shape index (κ3) is 4.64. The van der Waals surface area contributed by atoms with Crippen LogP contribution in [0.5, 0.6) is 11.5 Å². The molecule has 1 aromatic carbocycles. The maximum Gasteiger partial charge on any atom is 0.461 e. The van der Waals surface area contributed by atoms with Crippen LogP contribution < -0.4 is 9.47 Å². The summed E-state index contributed by atoms with van der Waals surface area (Å²) >= 11 is 0. The van der Waals surface area contributed by atoms with E-state index in [-0.39, 0.29) is 6.10 Å². The van der Waals surface area contributed by atoms with Crippen molar-refractivity contribution in [2.24, 2.45) is 0 Å². The van der Waals surface area contributed by atoms with E-state index in [1.807, 2.05) is 0 Å². The number of benzene rings is 1. The maximum atomic E-state index is 12.8. The van der Waals surface area contributed by atoms with E-state index in [2.05, 4.69) is 4.74 Å². The zero-order chi connectivity index (χ0) is 17.0. The third-order valence-electron chi connectivity index (χ3n) is 3.35. The minimum absolute atomic E-state index is 0.195. The molecule has 0 aliphatic carbocycles. The highest BCUT2D eigenvalue weighted by Crippen LogP contribution is 2.29. The van der Waals surface area contributed by atoms with E-state index < -0.39 is 24.4 Å². The molecule has 0 atom stereocenters. The highest BCUT2D eigenvalue weighted by molar-refractivity contribution is 5.65. The first-order valence-corrected chi connectivity index (χ1v) is 6.87. The first kappa shape index (κ1) is 17.2. The summed E-state index contributed by atoms with van der Waals surface area (Å²) in [5, 5.41) is 8.83. The van der Waals surface area contributed by atoms with Crippen LogP contribution in [0, 0.1) is 0 Å². The monoisotopic (exact) mass is 337 g/mol. The van der Waals surface area contributed by atoms with Gasteiger partial charge in [0.1, 0.15) is 17.6 Å². The molecule has 2 rings (SSSR count). The lowest BCUT2D eigenvalue weighted by Crippen LogP contribution is -2.41. The van der Waals surface area contributed by atoms with E-state index in [4.69, 9.17) is 9.84 Å². The van der Waals surface area contributed by atoms with Crippen LogP contribution in [0.25, 0.3) is 0 Å². The molecule has 23 heavy (non-hydrogen) atoms. The van der Waals surface area contributed by atoms with Crippen molar-refractivity contribution in [1.29, 1.82) is 0 Å². The largest absolute Gasteiger partial charge is 0.490 e. The Balaban J connectivity index is 1.87. The normalized spacial score (nSPS) is 16.5. The standard InChI is InChI=1S/C14H15F4NO4/c15-12(16)14(17,18)23-11-3-1-9(2-4-11)22-10-5-7-19(8-6-10)13(20)21/h1-4,10,12H,5-8H2,(H,20,21). The molecule has 1 heterocycles. The Morgan fingerprint density at radius 2 is 1.70 bits per heavy atom. The molecule has 0 aromatic heterocycles. The molecule has 1 saturated heterocycles. The van der Waals surface area contributed by atoms with Crippen molar-refractivity contribution < 1.29 is 36.9 Å². The number of piperidine rings is 1. The second-order valence-corrected chi connectivity index (χ2v) is 5.02. The summed E-state index contributed by atoms with van der Waals surface area (Å²) in [6.45, 7) is 0.698. The molecule has 0 bridgehead atoms. The number of hydrogen-bond acceptors (Lipinski definition) is 3. The number of rotatable bonds is 5.